The van der Waals surface area contributed by atoms with Crippen LogP contribution in [0.3, 0.4) is 0 Å². The normalized spacial score (nSPS) is 16.3. The summed E-state index contributed by atoms with van der Waals surface area (Å²) in [6, 6.07) is 1.02. The monoisotopic (exact) mass is 289 g/mol. The average molecular weight is 289 g/mol. The Morgan fingerprint density at radius 1 is 1.30 bits per heavy atom. The van der Waals surface area contributed by atoms with Crippen LogP contribution in [0.1, 0.15) is 19.0 Å². The number of hydrogen-bond donors (Lipinski definition) is 2. The highest BCUT2D eigenvalue weighted by Crippen LogP contribution is 2.30. The number of alkyl halides is 3. The SMILES string of the molecule is CCCNc1nc(N2CCNCC2)cc(C(F)(F)F)n1. The van der Waals surface area contributed by atoms with Crippen molar-refractivity contribution in [3.63, 3.8) is 0 Å². The summed E-state index contributed by atoms with van der Waals surface area (Å²) in [6.07, 6.45) is -3.67. The van der Waals surface area contributed by atoms with Crippen molar-refractivity contribution in [2.24, 2.45) is 0 Å². The predicted octanol–water partition coefficient (Wildman–Crippen LogP) is 1.73. The molecule has 0 saturated carbocycles. The van der Waals surface area contributed by atoms with Crippen molar-refractivity contribution in [1.29, 1.82) is 0 Å². The first kappa shape index (κ1) is 14.8. The fourth-order valence-electron chi connectivity index (χ4n) is 1.95. The van der Waals surface area contributed by atoms with Gasteiger partial charge < -0.3 is 15.5 Å². The van der Waals surface area contributed by atoms with E-state index in [2.05, 4.69) is 20.6 Å². The van der Waals surface area contributed by atoms with E-state index in [1.54, 1.807) is 0 Å². The van der Waals surface area contributed by atoms with Gasteiger partial charge in [-0.2, -0.15) is 18.2 Å². The summed E-state index contributed by atoms with van der Waals surface area (Å²) in [5.74, 6) is 0.364. The van der Waals surface area contributed by atoms with Gasteiger partial charge in [0.1, 0.15) is 5.82 Å². The maximum atomic E-state index is 12.9. The number of aromatic nitrogens is 2. The number of halogens is 3. The number of hydrogen-bond acceptors (Lipinski definition) is 5. The Balaban J connectivity index is 2.29. The Kier molecular flexibility index (Phi) is 4.64. The van der Waals surface area contributed by atoms with Crippen molar-refractivity contribution < 1.29 is 13.2 Å². The van der Waals surface area contributed by atoms with Crippen LogP contribution in [0, 0.1) is 0 Å². The molecule has 1 fully saturated rings. The first-order chi connectivity index (χ1) is 9.50. The fraction of sp³-hybridized carbons (Fsp3) is 0.667. The molecule has 0 unspecified atom stereocenters. The van der Waals surface area contributed by atoms with Gasteiger partial charge in [-0.25, -0.2) is 4.98 Å². The summed E-state index contributed by atoms with van der Waals surface area (Å²) in [7, 11) is 0. The predicted molar refractivity (Wildman–Crippen MR) is 70.9 cm³/mol. The summed E-state index contributed by atoms with van der Waals surface area (Å²) >= 11 is 0. The molecule has 1 aliphatic heterocycles. The zero-order valence-corrected chi connectivity index (χ0v) is 11.3. The topological polar surface area (TPSA) is 53.1 Å². The maximum Gasteiger partial charge on any atom is 0.433 e. The molecule has 0 aliphatic carbocycles. The minimum Gasteiger partial charge on any atom is -0.354 e. The van der Waals surface area contributed by atoms with Gasteiger partial charge in [-0.1, -0.05) is 6.92 Å². The summed E-state index contributed by atoms with van der Waals surface area (Å²) in [4.78, 5) is 9.57. The second kappa shape index (κ2) is 6.25. The number of nitrogens with zero attached hydrogens (tertiary/aromatic N) is 3. The summed E-state index contributed by atoms with van der Waals surface area (Å²) in [6.45, 7) is 5.23. The van der Waals surface area contributed by atoms with Crippen molar-refractivity contribution in [3.8, 4) is 0 Å². The molecule has 1 aromatic heterocycles. The van der Waals surface area contributed by atoms with Gasteiger partial charge in [-0.15, -0.1) is 0 Å². The number of rotatable bonds is 4. The molecule has 0 spiro atoms. The molecule has 5 nitrogen and oxygen atoms in total. The van der Waals surface area contributed by atoms with Crippen LogP contribution < -0.4 is 15.5 Å². The van der Waals surface area contributed by atoms with E-state index in [4.69, 9.17) is 0 Å². The molecule has 20 heavy (non-hydrogen) atoms. The van der Waals surface area contributed by atoms with Crippen molar-refractivity contribution in [1.82, 2.24) is 15.3 Å². The Hall–Kier alpha value is -1.57. The van der Waals surface area contributed by atoms with Crippen molar-refractivity contribution in [2.45, 2.75) is 19.5 Å². The lowest BCUT2D eigenvalue weighted by Gasteiger charge is -2.29. The van der Waals surface area contributed by atoms with Gasteiger partial charge in [0.05, 0.1) is 0 Å². The Bertz CT molecular complexity index is 443. The van der Waals surface area contributed by atoms with E-state index in [1.807, 2.05) is 11.8 Å². The van der Waals surface area contributed by atoms with Gasteiger partial charge >= 0.3 is 6.18 Å². The van der Waals surface area contributed by atoms with Crippen LogP contribution in [0.5, 0.6) is 0 Å². The van der Waals surface area contributed by atoms with Gasteiger partial charge in [0, 0.05) is 38.8 Å². The Labute approximate surface area is 115 Å². The standard InChI is InChI=1S/C12H18F3N5/c1-2-3-17-11-18-9(12(13,14)15)8-10(19-11)20-6-4-16-5-7-20/h8,16H,2-7H2,1H3,(H,17,18,19). The third-order valence-corrected chi connectivity index (χ3v) is 2.98. The van der Waals surface area contributed by atoms with Crippen molar-refractivity contribution in [3.05, 3.63) is 11.8 Å². The molecule has 8 heteroatoms. The molecule has 0 atom stereocenters. The molecule has 0 radical (unpaired) electrons. The van der Waals surface area contributed by atoms with Crippen LogP contribution in [0.2, 0.25) is 0 Å². The van der Waals surface area contributed by atoms with Gasteiger partial charge in [-0.3, -0.25) is 0 Å². The number of anilines is 2. The summed E-state index contributed by atoms with van der Waals surface area (Å²) < 4.78 is 38.7. The average Bonchev–Trinajstić information content (AvgIpc) is 2.45. The third-order valence-electron chi connectivity index (χ3n) is 2.98. The van der Waals surface area contributed by atoms with Crippen LogP contribution >= 0.6 is 0 Å². The Morgan fingerprint density at radius 2 is 2.00 bits per heavy atom. The van der Waals surface area contributed by atoms with Gasteiger partial charge in [0.25, 0.3) is 0 Å². The molecule has 0 amide bonds. The van der Waals surface area contributed by atoms with Crippen LogP contribution in [0.25, 0.3) is 0 Å². The molecule has 2 N–H and O–H groups in total. The van der Waals surface area contributed by atoms with E-state index in [0.29, 0.717) is 25.5 Å². The molecular weight excluding hydrogens is 271 g/mol. The zero-order chi connectivity index (χ0) is 14.6. The smallest absolute Gasteiger partial charge is 0.354 e. The van der Waals surface area contributed by atoms with Crippen LogP contribution in [0.15, 0.2) is 6.07 Å². The number of nitrogens with one attached hydrogen (secondary N) is 2. The van der Waals surface area contributed by atoms with Gasteiger partial charge in [0.15, 0.2) is 5.69 Å². The molecule has 1 saturated heterocycles. The molecule has 2 rings (SSSR count). The molecule has 0 aromatic carbocycles. The van der Waals surface area contributed by atoms with Crippen molar-refractivity contribution >= 4 is 11.8 Å². The fourth-order valence-corrected chi connectivity index (χ4v) is 1.95. The van der Waals surface area contributed by atoms with Gasteiger partial charge in [0.2, 0.25) is 5.95 Å². The molecular formula is C12H18F3N5. The zero-order valence-electron chi connectivity index (χ0n) is 11.3. The number of piperazine rings is 1. The van der Waals surface area contributed by atoms with E-state index in [9.17, 15) is 13.2 Å². The largest absolute Gasteiger partial charge is 0.433 e. The highest BCUT2D eigenvalue weighted by Gasteiger charge is 2.34. The lowest BCUT2D eigenvalue weighted by Crippen LogP contribution is -2.44. The quantitative estimate of drug-likeness (QED) is 0.884. The second-order valence-electron chi connectivity index (χ2n) is 4.60. The molecule has 2 heterocycles. The first-order valence-corrected chi connectivity index (χ1v) is 6.66. The van der Waals surface area contributed by atoms with Crippen LogP contribution in [-0.2, 0) is 6.18 Å². The Morgan fingerprint density at radius 3 is 2.60 bits per heavy atom. The summed E-state index contributed by atoms with van der Waals surface area (Å²) in [5, 5.41) is 5.98. The molecule has 112 valence electrons. The highest BCUT2D eigenvalue weighted by molar-refractivity contribution is 5.46. The van der Waals surface area contributed by atoms with Gasteiger partial charge in [-0.05, 0) is 6.42 Å². The van der Waals surface area contributed by atoms with E-state index < -0.39 is 11.9 Å². The van der Waals surface area contributed by atoms with E-state index in [0.717, 1.165) is 25.6 Å². The van der Waals surface area contributed by atoms with E-state index in [-0.39, 0.29) is 5.95 Å². The minimum absolute atomic E-state index is 0.0372. The van der Waals surface area contributed by atoms with Crippen LogP contribution in [-0.4, -0.2) is 42.7 Å². The van der Waals surface area contributed by atoms with E-state index in [1.165, 1.54) is 0 Å². The third kappa shape index (κ3) is 3.72. The highest BCUT2D eigenvalue weighted by atomic mass is 19.4. The first-order valence-electron chi connectivity index (χ1n) is 6.66. The molecule has 0 bridgehead atoms. The molecule has 1 aliphatic rings. The van der Waals surface area contributed by atoms with Crippen LogP contribution in [0.4, 0.5) is 24.9 Å². The molecule has 1 aromatic rings. The van der Waals surface area contributed by atoms with E-state index >= 15 is 0 Å². The minimum atomic E-state index is -4.46. The summed E-state index contributed by atoms with van der Waals surface area (Å²) in [5.41, 5.74) is -0.903. The van der Waals surface area contributed by atoms with Crippen molar-refractivity contribution in [2.75, 3.05) is 42.9 Å². The lowest BCUT2D eigenvalue weighted by molar-refractivity contribution is -0.141. The lowest BCUT2D eigenvalue weighted by atomic mass is 10.3. The second-order valence-corrected chi connectivity index (χ2v) is 4.60. The maximum absolute atomic E-state index is 12.9.